The zero-order valence-electron chi connectivity index (χ0n) is 14.4. The van der Waals surface area contributed by atoms with Gasteiger partial charge in [0.25, 0.3) is 0 Å². The van der Waals surface area contributed by atoms with Gasteiger partial charge in [0, 0.05) is 24.1 Å². The molecule has 0 aromatic carbocycles. The van der Waals surface area contributed by atoms with E-state index in [2.05, 4.69) is 0 Å². The van der Waals surface area contributed by atoms with Crippen LogP contribution in [0.5, 0.6) is 0 Å². The predicted molar refractivity (Wildman–Crippen MR) is 94.3 cm³/mol. The van der Waals surface area contributed by atoms with Crippen LogP contribution in [0.1, 0.15) is 64.2 Å². The highest BCUT2D eigenvalue weighted by atomic mass is 32.1. The number of ether oxygens (including phenoxy) is 2. The van der Waals surface area contributed by atoms with Crippen LogP contribution < -0.4 is 0 Å². The summed E-state index contributed by atoms with van der Waals surface area (Å²) in [4.78, 5) is 0. The molecule has 7 fully saturated rings. The van der Waals surface area contributed by atoms with Crippen molar-refractivity contribution in [3.05, 3.63) is 0 Å². The van der Waals surface area contributed by atoms with Gasteiger partial charge in [-0.1, -0.05) is 0 Å². The van der Waals surface area contributed by atoms with Crippen LogP contribution in [-0.4, -0.2) is 16.4 Å². The molecular formula is C21H28O2S. The highest BCUT2D eigenvalue weighted by Gasteiger charge is 2.79. The highest BCUT2D eigenvalue weighted by Crippen LogP contribution is 2.74. The van der Waals surface area contributed by atoms with Crippen LogP contribution in [0.25, 0.3) is 0 Å². The van der Waals surface area contributed by atoms with E-state index in [1.54, 1.807) is 0 Å². The molecule has 2 spiro atoms. The fraction of sp³-hybridized carbons (Fsp3) is 0.952. The van der Waals surface area contributed by atoms with Gasteiger partial charge in [-0.25, -0.2) is 0 Å². The minimum absolute atomic E-state index is 0.0293. The molecule has 0 N–H and O–H groups in total. The third-order valence-electron chi connectivity index (χ3n) is 10.2. The van der Waals surface area contributed by atoms with Gasteiger partial charge in [-0.3, -0.25) is 0 Å². The highest BCUT2D eigenvalue weighted by molar-refractivity contribution is 7.79. The molecule has 3 heteroatoms. The topological polar surface area (TPSA) is 18.5 Å². The summed E-state index contributed by atoms with van der Waals surface area (Å²) in [5.41, 5.74) is -0.0586. The van der Waals surface area contributed by atoms with E-state index in [0.717, 1.165) is 47.3 Å². The molecule has 0 unspecified atom stereocenters. The van der Waals surface area contributed by atoms with Crippen LogP contribution in [0.3, 0.4) is 0 Å². The lowest BCUT2D eigenvalue weighted by Gasteiger charge is -2.44. The molecule has 0 amide bonds. The zero-order valence-corrected chi connectivity index (χ0v) is 15.2. The molecule has 6 saturated carbocycles. The predicted octanol–water partition coefficient (Wildman–Crippen LogP) is 4.71. The van der Waals surface area contributed by atoms with E-state index in [0.29, 0.717) is 5.24 Å². The van der Waals surface area contributed by atoms with Crippen molar-refractivity contribution in [1.29, 1.82) is 0 Å². The molecule has 1 aliphatic heterocycles. The molecule has 0 aromatic rings. The van der Waals surface area contributed by atoms with Crippen molar-refractivity contribution in [2.75, 3.05) is 0 Å². The van der Waals surface area contributed by atoms with Crippen molar-refractivity contribution in [2.24, 2.45) is 47.3 Å². The summed E-state index contributed by atoms with van der Waals surface area (Å²) in [7, 11) is 0. The van der Waals surface area contributed by atoms with Crippen LogP contribution in [0.4, 0.5) is 0 Å². The summed E-state index contributed by atoms with van der Waals surface area (Å²) >= 11 is 5.59. The first-order chi connectivity index (χ1) is 11.7. The van der Waals surface area contributed by atoms with Crippen LogP contribution in [0.15, 0.2) is 0 Å². The minimum atomic E-state index is -0.0293. The number of thiocarbonyl (C=S) groups is 1. The van der Waals surface area contributed by atoms with Crippen LogP contribution >= 0.6 is 12.2 Å². The van der Waals surface area contributed by atoms with E-state index < -0.39 is 0 Å². The molecular weight excluding hydrogens is 316 g/mol. The summed E-state index contributed by atoms with van der Waals surface area (Å²) in [6, 6.07) is 0. The van der Waals surface area contributed by atoms with Gasteiger partial charge in [0.1, 0.15) is 0 Å². The van der Waals surface area contributed by atoms with E-state index in [-0.39, 0.29) is 11.2 Å². The molecule has 0 bridgehead atoms. The maximum atomic E-state index is 6.64. The smallest absolute Gasteiger partial charge is 0.353 e. The Balaban J connectivity index is 1.38. The van der Waals surface area contributed by atoms with Gasteiger partial charge < -0.3 is 9.47 Å². The molecule has 1 saturated heterocycles. The summed E-state index contributed by atoms with van der Waals surface area (Å²) < 4.78 is 13.3. The molecule has 7 rings (SSSR count). The summed E-state index contributed by atoms with van der Waals surface area (Å²) in [5, 5.41) is 0.516. The Labute approximate surface area is 150 Å². The molecule has 7 aliphatic rings. The lowest BCUT2D eigenvalue weighted by molar-refractivity contribution is -0.106. The van der Waals surface area contributed by atoms with Gasteiger partial charge in [0.15, 0.2) is 11.2 Å². The number of hydrogen-bond acceptors (Lipinski definition) is 3. The average molecular weight is 345 g/mol. The third-order valence-corrected chi connectivity index (χ3v) is 10.4. The average Bonchev–Trinajstić information content (AvgIpc) is 3.32. The van der Waals surface area contributed by atoms with Crippen LogP contribution in [0.2, 0.25) is 0 Å². The maximum Gasteiger partial charge on any atom is 0.353 e. The first kappa shape index (κ1) is 13.8. The van der Waals surface area contributed by atoms with Crippen molar-refractivity contribution in [1.82, 2.24) is 0 Å². The largest absolute Gasteiger partial charge is 0.446 e. The Kier molecular flexibility index (Phi) is 2.40. The number of rotatable bonds is 0. The van der Waals surface area contributed by atoms with E-state index in [9.17, 15) is 0 Å². The van der Waals surface area contributed by atoms with E-state index in [4.69, 9.17) is 21.7 Å². The number of fused-ring (bicyclic) bond motifs is 3. The lowest BCUT2D eigenvalue weighted by atomic mass is 9.67. The zero-order chi connectivity index (χ0) is 15.7. The Morgan fingerprint density at radius 3 is 1.54 bits per heavy atom. The van der Waals surface area contributed by atoms with E-state index in [1.165, 1.54) is 64.2 Å². The normalized spacial score (nSPS) is 64.9. The molecule has 0 radical (unpaired) electrons. The minimum Gasteiger partial charge on any atom is -0.446 e. The van der Waals surface area contributed by atoms with Crippen molar-refractivity contribution >= 4 is 17.5 Å². The second-order valence-corrected chi connectivity index (χ2v) is 10.7. The van der Waals surface area contributed by atoms with Crippen molar-refractivity contribution in [3.8, 4) is 0 Å². The summed E-state index contributed by atoms with van der Waals surface area (Å²) in [6.45, 7) is 0. The van der Waals surface area contributed by atoms with E-state index in [1.807, 2.05) is 0 Å². The van der Waals surface area contributed by atoms with Gasteiger partial charge in [0.05, 0.1) is 0 Å². The Morgan fingerprint density at radius 2 is 1.04 bits per heavy atom. The SMILES string of the molecule is S=C1O[C@]2(C[C@@H]3CC[C@@H]4CC[C@@H]2[C@@H]43)[C@@]2(C[C@@H]3CC[C@@H]4CC[C@H]2[C@H]43)O1. The molecule has 24 heavy (non-hydrogen) atoms. The lowest BCUT2D eigenvalue weighted by Crippen LogP contribution is -2.57. The Bertz CT molecular complexity index is 581. The van der Waals surface area contributed by atoms with Gasteiger partial charge in [-0.05, 0) is 99.7 Å². The first-order valence-corrected chi connectivity index (χ1v) is 11.0. The van der Waals surface area contributed by atoms with E-state index >= 15 is 0 Å². The Morgan fingerprint density at radius 1 is 0.625 bits per heavy atom. The van der Waals surface area contributed by atoms with Crippen LogP contribution in [0, 0.1) is 47.3 Å². The Hall–Kier alpha value is -0.310. The third kappa shape index (κ3) is 1.29. The van der Waals surface area contributed by atoms with Gasteiger partial charge in [0.2, 0.25) is 0 Å². The van der Waals surface area contributed by atoms with Gasteiger partial charge >= 0.3 is 5.24 Å². The van der Waals surface area contributed by atoms with Crippen molar-refractivity contribution < 1.29 is 9.47 Å². The van der Waals surface area contributed by atoms with Crippen LogP contribution in [-0.2, 0) is 9.47 Å². The second-order valence-electron chi connectivity index (χ2n) is 10.4. The maximum absolute atomic E-state index is 6.64. The molecule has 0 aromatic heterocycles. The molecule has 1 heterocycles. The van der Waals surface area contributed by atoms with Crippen molar-refractivity contribution in [2.45, 2.75) is 75.4 Å². The van der Waals surface area contributed by atoms with Gasteiger partial charge in [-0.2, -0.15) is 0 Å². The first-order valence-electron chi connectivity index (χ1n) is 10.6. The second kappa shape index (κ2) is 4.15. The molecule has 130 valence electrons. The standard InChI is InChI=1S/C21H28O2S/c24-19-22-20(9-13-3-1-11-5-7-15(20)17(11)13)21(23-19)10-14-4-2-12-6-8-16(21)18(12)14/h11-18H,1-10H2/t11-,12-,13+,14+,15-,16+,17+,18-,20+,21+/m1/s1. The fourth-order valence-electron chi connectivity index (χ4n) is 9.90. The quantitative estimate of drug-likeness (QED) is 0.593. The monoisotopic (exact) mass is 344 g/mol. The van der Waals surface area contributed by atoms with Gasteiger partial charge in [-0.15, -0.1) is 0 Å². The summed E-state index contributed by atoms with van der Waals surface area (Å²) in [6.07, 6.45) is 14.0. The molecule has 6 aliphatic carbocycles. The van der Waals surface area contributed by atoms with Crippen molar-refractivity contribution in [3.63, 3.8) is 0 Å². The summed E-state index contributed by atoms with van der Waals surface area (Å²) in [5.74, 6) is 7.15. The molecule has 10 atom stereocenters. The molecule has 2 nitrogen and oxygen atoms in total. The fourth-order valence-corrected chi connectivity index (χ4v) is 10.2. The number of hydrogen-bond donors (Lipinski definition) is 0.